The Hall–Kier alpha value is -1.38. The second-order valence-corrected chi connectivity index (χ2v) is 2.75. The molecule has 0 atom stereocenters. The van der Waals surface area contributed by atoms with Gasteiger partial charge in [0.25, 0.3) is 0 Å². The third-order valence-electron chi connectivity index (χ3n) is 1.92. The van der Waals surface area contributed by atoms with Gasteiger partial charge in [-0.3, -0.25) is 0 Å². The Balaban J connectivity index is 2.92. The van der Waals surface area contributed by atoms with Crippen LogP contribution < -0.4 is 0 Å². The van der Waals surface area contributed by atoms with Gasteiger partial charge in [-0.15, -0.1) is 0 Å². The average molecular weight is 167 g/mol. The van der Waals surface area contributed by atoms with Crippen molar-refractivity contribution in [1.29, 1.82) is 0 Å². The first-order valence-corrected chi connectivity index (χ1v) is 3.58. The Labute approximate surface area is 68.2 Å². The van der Waals surface area contributed by atoms with Gasteiger partial charge in [0.2, 0.25) is 0 Å². The van der Waals surface area contributed by atoms with Crippen molar-refractivity contribution in [2.24, 2.45) is 7.05 Å². The molecule has 0 radical (unpaired) electrons. The zero-order valence-corrected chi connectivity index (χ0v) is 6.51. The summed E-state index contributed by atoms with van der Waals surface area (Å²) in [5, 5.41) is 0.457. The van der Waals surface area contributed by atoms with Crippen molar-refractivity contribution in [1.82, 2.24) is 4.57 Å². The van der Waals surface area contributed by atoms with Gasteiger partial charge >= 0.3 is 0 Å². The van der Waals surface area contributed by atoms with Crippen LogP contribution in [-0.2, 0) is 7.05 Å². The smallest absolute Gasteiger partial charge is 0.135 e. The number of rotatable bonds is 0. The standard InChI is InChI=1S/C9H7F2N/c1-12-3-2-7-8(11)4-6(10)5-9(7)12/h2-5H,1H3. The van der Waals surface area contributed by atoms with Crippen LogP contribution in [0.5, 0.6) is 0 Å². The minimum Gasteiger partial charge on any atom is -0.350 e. The molecule has 0 fully saturated rings. The minimum absolute atomic E-state index is 0.457. The molecule has 0 aliphatic carbocycles. The molecule has 3 heteroatoms. The van der Waals surface area contributed by atoms with E-state index in [0.717, 1.165) is 6.07 Å². The maximum Gasteiger partial charge on any atom is 0.135 e. The summed E-state index contributed by atoms with van der Waals surface area (Å²) < 4.78 is 27.4. The number of aryl methyl sites for hydroxylation is 1. The van der Waals surface area contributed by atoms with E-state index in [2.05, 4.69) is 0 Å². The molecule has 1 nitrogen and oxygen atoms in total. The molecule has 0 bridgehead atoms. The summed E-state index contributed by atoms with van der Waals surface area (Å²) in [7, 11) is 1.75. The van der Waals surface area contributed by atoms with E-state index in [1.54, 1.807) is 23.9 Å². The quantitative estimate of drug-likeness (QED) is 0.568. The van der Waals surface area contributed by atoms with E-state index in [1.807, 2.05) is 0 Å². The number of fused-ring (bicyclic) bond motifs is 1. The molecule has 0 saturated carbocycles. The van der Waals surface area contributed by atoms with Crippen molar-refractivity contribution in [3.63, 3.8) is 0 Å². The Kier molecular flexibility index (Phi) is 1.40. The number of aromatic nitrogens is 1. The van der Waals surface area contributed by atoms with E-state index in [9.17, 15) is 8.78 Å². The van der Waals surface area contributed by atoms with Gasteiger partial charge in [-0.2, -0.15) is 0 Å². The van der Waals surface area contributed by atoms with Crippen LogP contribution in [0, 0.1) is 11.6 Å². The van der Waals surface area contributed by atoms with Crippen LogP contribution in [0.3, 0.4) is 0 Å². The molecule has 0 aliphatic heterocycles. The molecule has 1 aromatic heterocycles. The van der Waals surface area contributed by atoms with Gasteiger partial charge in [0.15, 0.2) is 0 Å². The Morgan fingerprint density at radius 3 is 2.75 bits per heavy atom. The fourth-order valence-corrected chi connectivity index (χ4v) is 1.29. The second kappa shape index (κ2) is 2.30. The molecule has 12 heavy (non-hydrogen) atoms. The molecule has 0 spiro atoms. The van der Waals surface area contributed by atoms with E-state index >= 15 is 0 Å². The predicted octanol–water partition coefficient (Wildman–Crippen LogP) is 2.46. The second-order valence-electron chi connectivity index (χ2n) is 2.75. The molecular weight excluding hydrogens is 160 g/mol. The maximum atomic E-state index is 13.0. The molecule has 0 N–H and O–H groups in total. The van der Waals surface area contributed by atoms with Gasteiger partial charge in [-0.1, -0.05) is 0 Å². The third kappa shape index (κ3) is 0.897. The number of hydrogen-bond acceptors (Lipinski definition) is 0. The van der Waals surface area contributed by atoms with Crippen LogP contribution in [0.1, 0.15) is 0 Å². The van der Waals surface area contributed by atoms with Crippen molar-refractivity contribution in [2.75, 3.05) is 0 Å². The summed E-state index contributed by atoms with van der Waals surface area (Å²) in [6.45, 7) is 0. The van der Waals surface area contributed by atoms with Gasteiger partial charge < -0.3 is 4.57 Å². The van der Waals surface area contributed by atoms with Crippen LogP contribution >= 0.6 is 0 Å². The summed E-state index contributed by atoms with van der Waals surface area (Å²) in [4.78, 5) is 0. The van der Waals surface area contributed by atoms with Crippen molar-refractivity contribution >= 4 is 10.9 Å². The highest BCUT2D eigenvalue weighted by Gasteiger charge is 2.05. The number of halogens is 2. The molecule has 1 aromatic carbocycles. The van der Waals surface area contributed by atoms with Crippen LogP contribution in [0.25, 0.3) is 10.9 Å². The lowest BCUT2D eigenvalue weighted by Crippen LogP contribution is -1.86. The summed E-state index contributed by atoms with van der Waals surface area (Å²) in [5.74, 6) is -1.05. The first kappa shape index (κ1) is 7.28. The lowest BCUT2D eigenvalue weighted by atomic mass is 10.2. The third-order valence-corrected chi connectivity index (χ3v) is 1.92. The Morgan fingerprint density at radius 2 is 2.00 bits per heavy atom. The number of hydrogen-bond donors (Lipinski definition) is 0. The first-order valence-electron chi connectivity index (χ1n) is 3.58. The highest BCUT2D eigenvalue weighted by Crippen LogP contribution is 2.19. The summed E-state index contributed by atoms with van der Waals surface area (Å²) in [5.41, 5.74) is 0.576. The van der Waals surface area contributed by atoms with Gasteiger partial charge in [0, 0.05) is 24.7 Å². The summed E-state index contributed by atoms with van der Waals surface area (Å²) in [6, 6.07) is 3.84. The predicted molar refractivity (Wildman–Crippen MR) is 42.8 cm³/mol. The van der Waals surface area contributed by atoms with E-state index < -0.39 is 11.6 Å². The highest BCUT2D eigenvalue weighted by molar-refractivity contribution is 5.80. The van der Waals surface area contributed by atoms with Gasteiger partial charge in [-0.05, 0) is 12.1 Å². The molecule has 62 valence electrons. The normalized spacial score (nSPS) is 10.9. The topological polar surface area (TPSA) is 4.93 Å². The van der Waals surface area contributed by atoms with Crippen molar-refractivity contribution in [2.45, 2.75) is 0 Å². The Morgan fingerprint density at radius 1 is 1.25 bits per heavy atom. The highest BCUT2D eigenvalue weighted by atomic mass is 19.1. The van der Waals surface area contributed by atoms with E-state index in [-0.39, 0.29) is 0 Å². The SMILES string of the molecule is Cn1ccc2c(F)cc(F)cc21. The average Bonchev–Trinajstić information content (AvgIpc) is 2.33. The maximum absolute atomic E-state index is 13.0. The fraction of sp³-hybridized carbons (Fsp3) is 0.111. The molecule has 0 amide bonds. The zero-order chi connectivity index (χ0) is 8.72. The Bertz CT molecular complexity index is 431. The van der Waals surface area contributed by atoms with Crippen LogP contribution in [-0.4, -0.2) is 4.57 Å². The largest absolute Gasteiger partial charge is 0.350 e. The van der Waals surface area contributed by atoms with E-state index in [1.165, 1.54) is 6.07 Å². The fourth-order valence-electron chi connectivity index (χ4n) is 1.29. The monoisotopic (exact) mass is 167 g/mol. The lowest BCUT2D eigenvalue weighted by molar-refractivity contribution is 0.591. The molecular formula is C9H7F2N. The van der Waals surface area contributed by atoms with Crippen LogP contribution in [0.15, 0.2) is 24.4 Å². The molecule has 2 aromatic rings. The molecule has 2 rings (SSSR count). The van der Waals surface area contributed by atoms with E-state index in [0.29, 0.717) is 10.9 Å². The first-order chi connectivity index (χ1) is 5.68. The summed E-state index contributed by atoms with van der Waals surface area (Å²) in [6.07, 6.45) is 1.70. The van der Waals surface area contributed by atoms with Crippen molar-refractivity contribution < 1.29 is 8.78 Å². The van der Waals surface area contributed by atoms with Gasteiger partial charge in [-0.25, -0.2) is 8.78 Å². The zero-order valence-electron chi connectivity index (χ0n) is 6.51. The molecule has 0 unspecified atom stereocenters. The number of nitrogens with zero attached hydrogens (tertiary/aromatic N) is 1. The van der Waals surface area contributed by atoms with Crippen molar-refractivity contribution in [3.8, 4) is 0 Å². The van der Waals surface area contributed by atoms with Gasteiger partial charge in [0.05, 0.1) is 5.52 Å². The number of benzene rings is 1. The summed E-state index contributed by atoms with van der Waals surface area (Å²) >= 11 is 0. The van der Waals surface area contributed by atoms with E-state index in [4.69, 9.17) is 0 Å². The molecule has 1 heterocycles. The molecule has 0 aliphatic rings. The van der Waals surface area contributed by atoms with Crippen molar-refractivity contribution in [3.05, 3.63) is 36.0 Å². The van der Waals surface area contributed by atoms with Crippen LogP contribution in [0.4, 0.5) is 8.78 Å². The lowest BCUT2D eigenvalue weighted by Gasteiger charge is -1.96. The van der Waals surface area contributed by atoms with Crippen LogP contribution in [0.2, 0.25) is 0 Å². The minimum atomic E-state index is -0.540. The molecule has 0 saturated heterocycles. The van der Waals surface area contributed by atoms with Gasteiger partial charge in [0.1, 0.15) is 11.6 Å².